The molecule has 0 saturated carbocycles. The molecule has 2 rings (SSSR count). The summed E-state index contributed by atoms with van der Waals surface area (Å²) in [5.41, 5.74) is 1.18. The fourth-order valence-corrected chi connectivity index (χ4v) is 2.83. The summed E-state index contributed by atoms with van der Waals surface area (Å²) in [6.07, 6.45) is 3.65. The Balaban J connectivity index is 2.05. The molecule has 2 aromatic rings. The largest absolute Gasteiger partial charge is 0.263 e. The van der Waals surface area contributed by atoms with Crippen molar-refractivity contribution in [2.75, 3.05) is 0 Å². The average Bonchev–Trinajstić information content (AvgIpc) is 2.28. The third kappa shape index (κ3) is 3.24. The monoisotopic (exact) mass is 313 g/mol. The van der Waals surface area contributed by atoms with Gasteiger partial charge in [0.25, 0.3) is 0 Å². The number of aromatic nitrogens is 1. The highest BCUT2D eigenvalue weighted by atomic mass is 79.9. The molecule has 16 heavy (non-hydrogen) atoms. The zero-order valence-electron chi connectivity index (χ0n) is 8.36. The third-order valence-corrected chi connectivity index (χ3v) is 4.01. The van der Waals surface area contributed by atoms with Gasteiger partial charge in [0.05, 0.1) is 5.02 Å². The lowest BCUT2D eigenvalue weighted by Crippen LogP contribution is -1.83. The van der Waals surface area contributed by atoms with Gasteiger partial charge >= 0.3 is 0 Å². The molecule has 0 atom stereocenters. The van der Waals surface area contributed by atoms with Crippen molar-refractivity contribution in [2.24, 2.45) is 0 Å². The quantitative estimate of drug-likeness (QED) is 0.756. The number of nitrogens with zero attached hydrogens (tertiary/aromatic N) is 1. The maximum atomic E-state index is 6.08. The van der Waals surface area contributed by atoms with Crippen LogP contribution in [0.25, 0.3) is 0 Å². The van der Waals surface area contributed by atoms with E-state index in [1.165, 1.54) is 5.56 Å². The SMILES string of the molecule is Clc1ccccc1SCc1cncc(Br)c1. The van der Waals surface area contributed by atoms with Crippen molar-refractivity contribution in [1.82, 2.24) is 4.98 Å². The lowest BCUT2D eigenvalue weighted by Gasteiger charge is -2.03. The Morgan fingerprint density at radius 2 is 2.06 bits per heavy atom. The van der Waals surface area contributed by atoms with E-state index in [1.54, 1.807) is 18.0 Å². The van der Waals surface area contributed by atoms with E-state index in [0.29, 0.717) is 0 Å². The number of halogens is 2. The smallest absolute Gasteiger partial charge is 0.0541 e. The molecule has 0 N–H and O–H groups in total. The minimum atomic E-state index is 0.801. The van der Waals surface area contributed by atoms with Gasteiger partial charge in [0.2, 0.25) is 0 Å². The minimum Gasteiger partial charge on any atom is -0.263 e. The Kier molecular flexibility index (Phi) is 4.27. The molecule has 0 radical (unpaired) electrons. The maximum absolute atomic E-state index is 6.08. The van der Waals surface area contributed by atoms with Gasteiger partial charge in [0.1, 0.15) is 0 Å². The van der Waals surface area contributed by atoms with E-state index in [2.05, 4.69) is 27.0 Å². The molecule has 0 aliphatic heterocycles. The van der Waals surface area contributed by atoms with Crippen molar-refractivity contribution < 1.29 is 0 Å². The van der Waals surface area contributed by atoms with E-state index in [4.69, 9.17) is 11.6 Å². The number of benzene rings is 1. The van der Waals surface area contributed by atoms with Crippen molar-refractivity contribution in [2.45, 2.75) is 10.6 Å². The number of pyridine rings is 1. The number of hydrogen-bond acceptors (Lipinski definition) is 2. The van der Waals surface area contributed by atoms with Crippen molar-refractivity contribution in [3.8, 4) is 0 Å². The number of thioether (sulfide) groups is 1. The van der Waals surface area contributed by atoms with E-state index < -0.39 is 0 Å². The molecule has 82 valence electrons. The molecule has 0 aliphatic carbocycles. The van der Waals surface area contributed by atoms with Gasteiger partial charge in [-0.05, 0) is 39.7 Å². The van der Waals surface area contributed by atoms with E-state index in [9.17, 15) is 0 Å². The molecule has 1 aromatic heterocycles. The topological polar surface area (TPSA) is 12.9 Å². The van der Waals surface area contributed by atoms with Crippen LogP contribution in [0.5, 0.6) is 0 Å². The predicted octanol–water partition coefficient (Wildman–Crippen LogP) is 4.79. The minimum absolute atomic E-state index is 0.801. The van der Waals surface area contributed by atoms with Gasteiger partial charge in [-0.15, -0.1) is 11.8 Å². The van der Waals surface area contributed by atoms with Crippen LogP contribution in [-0.2, 0) is 5.75 Å². The molecular formula is C12H9BrClNS. The fraction of sp³-hybridized carbons (Fsp3) is 0.0833. The summed E-state index contributed by atoms with van der Waals surface area (Å²) in [5, 5.41) is 0.801. The second kappa shape index (κ2) is 5.71. The van der Waals surface area contributed by atoms with Crippen LogP contribution in [0.4, 0.5) is 0 Å². The summed E-state index contributed by atoms with van der Waals surface area (Å²) >= 11 is 11.2. The van der Waals surface area contributed by atoms with Gasteiger partial charge in [-0.1, -0.05) is 23.7 Å². The van der Waals surface area contributed by atoms with Gasteiger partial charge < -0.3 is 0 Å². The Morgan fingerprint density at radius 1 is 1.25 bits per heavy atom. The average molecular weight is 315 g/mol. The first-order valence-corrected chi connectivity index (χ1v) is 6.88. The summed E-state index contributed by atoms with van der Waals surface area (Å²) in [7, 11) is 0. The van der Waals surface area contributed by atoms with Crippen molar-refractivity contribution in [1.29, 1.82) is 0 Å². The van der Waals surface area contributed by atoms with E-state index >= 15 is 0 Å². The summed E-state index contributed by atoms with van der Waals surface area (Å²) in [5.74, 6) is 0.871. The summed E-state index contributed by atoms with van der Waals surface area (Å²) in [4.78, 5) is 5.23. The molecule has 4 heteroatoms. The highest BCUT2D eigenvalue weighted by Gasteiger charge is 2.01. The van der Waals surface area contributed by atoms with Gasteiger partial charge in [-0.3, -0.25) is 4.98 Å². The Morgan fingerprint density at radius 3 is 2.81 bits per heavy atom. The molecule has 0 bridgehead atoms. The molecule has 0 fully saturated rings. The first-order valence-electron chi connectivity index (χ1n) is 4.72. The highest BCUT2D eigenvalue weighted by molar-refractivity contribution is 9.10. The first kappa shape index (κ1) is 12.0. The van der Waals surface area contributed by atoms with Crippen molar-refractivity contribution in [3.63, 3.8) is 0 Å². The van der Waals surface area contributed by atoms with Gasteiger partial charge in [0, 0.05) is 27.5 Å². The molecule has 0 amide bonds. The Bertz CT molecular complexity index is 490. The second-order valence-corrected chi connectivity index (χ2v) is 5.57. The zero-order chi connectivity index (χ0) is 11.4. The summed E-state index contributed by atoms with van der Waals surface area (Å²) in [6.45, 7) is 0. The van der Waals surface area contributed by atoms with E-state index in [-0.39, 0.29) is 0 Å². The van der Waals surface area contributed by atoms with Gasteiger partial charge in [-0.2, -0.15) is 0 Å². The van der Waals surface area contributed by atoms with E-state index in [1.807, 2.05) is 30.5 Å². The van der Waals surface area contributed by atoms with E-state index in [0.717, 1.165) is 20.1 Å². The van der Waals surface area contributed by atoms with Crippen LogP contribution in [0.15, 0.2) is 52.1 Å². The molecule has 0 saturated heterocycles. The fourth-order valence-electron chi connectivity index (χ4n) is 1.26. The molecule has 0 spiro atoms. The number of hydrogen-bond donors (Lipinski definition) is 0. The predicted molar refractivity (Wildman–Crippen MR) is 73.0 cm³/mol. The first-order chi connectivity index (χ1) is 7.75. The standard InChI is InChI=1S/C12H9BrClNS/c13-10-5-9(6-15-7-10)8-16-12-4-2-1-3-11(12)14/h1-7H,8H2. The summed E-state index contributed by atoms with van der Waals surface area (Å²) < 4.78 is 1.00. The Hall–Kier alpha value is -0.510. The Labute approximate surface area is 112 Å². The van der Waals surface area contributed by atoms with Gasteiger partial charge in [0.15, 0.2) is 0 Å². The van der Waals surface area contributed by atoms with Gasteiger partial charge in [-0.25, -0.2) is 0 Å². The molecular weight excluding hydrogens is 306 g/mol. The van der Waals surface area contributed by atoms with Crippen LogP contribution < -0.4 is 0 Å². The molecule has 1 aromatic carbocycles. The van der Waals surface area contributed by atoms with Crippen LogP contribution in [0.1, 0.15) is 5.56 Å². The normalized spacial score (nSPS) is 10.4. The van der Waals surface area contributed by atoms with Crippen LogP contribution >= 0.6 is 39.3 Å². The van der Waals surface area contributed by atoms with Crippen LogP contribution in [0.3, 0.4) is 0 Å². The summed E-state index contributed by atoms with van der Waals surface area (Å²) in [6, 6.07) is 9.93. The highest BCUT2D eigenvalue weighted by Crippen LogP contribution is 2.29. The van der Waals surface area contributed by atoms with Crippen molar-refractivity contribution in [3.05, 3.63) is 57.8 Å². The zero-order valence-corrected chi connectivity index (χ0v) is 11.5. The van der Waals surface area contributed by atoms with Crippen molar-refractivity contribution >= 4 is 39.3 Å². The molecule has 1 heterocycles. The number of rotatable bonds is 3. The lowest BCUT2D eigenvalue weighted by molar-refractivity contribution is 1.23. The lowest BCUT2D eigenvalue weighted by atomic mass is 10.3. The maximum Gasteiger partial charge on any atom is 0.0541 e. The third-order valence-electron chi connectivity index (χ3n) is 1.99. The van der Waals surface area contributed by atoms with Crippen LogP contribution in [-0.4, -0.2) is 4.98 Å². The molecule has 0 unspecified atom stereocenters. The van der Waals surface area contributed by atoms with Crippen LogP contribution in [0, 0.1) is 0 Å². The van der Waals surface area contributed by atoms with Crippen LogP contribution in [0.2, 0.25) is 5.02 Å². The second-order valence-electron chi connectivity index (χ2n) is 3.23. The molecule has 1 nitrogen and oxygen atoms in total. The molecule has 0 aliphatic rings.